The van der Waals surface area contributed by atoms with E-state index in [4.69, 9.17) is 14.2 Å². The molecular weight excluding hydrogens is 376 g/mol. The minimum Gasteiger partial charge on any atom is -0.487 e. The fourth-order valence-electron chi connectivity index (χ4n) is 3.10. The fraction of sp³-hybridized carbons (Fsp3) is 0.864. The van der Waals surface area contributed by atoms with Crippen LogP contribution in [-0.2, 0) is 19.0 Å². The minimum absolute atomic E-state index is 0.0331. The van der Waals surface area contributed by atoms with Crippen LogP contribution in [-0.4, -0.2) is 58.9 Å². The van der Waals surface area contributed by atoms with Crippen molar-refractivity contribution >= 4 is 5.97 Å². The van der Waals surface area contributed by atoms with Crippen molar-refractivity contribution in [2.45, 2.75) is 103 Å². The molecule has 1 aliphatic heterocycles. The van der Waals surface area contributed by atoms with E-state index in [-0.39, 0.29) is 18.1 Å². The van der Waals surface area contributed by atoms with Crippen LogP contribution >= 0.6 is 0 Å². The molecule has 7 nitrogen and oxygen atoms in total. The van der Waals surface area contributed by atoms with Gasteiger partial charge in [-0.25, -0.2) is 4.79 Å². The van der Waals surface area contributed by atoms with Gasteiger partial charge in [0.15, 0.2) is 11.9 Å². The second-order valence-corrected chi connectivity index (χ2v) is 8.40. The van der Waals surface area contributed by atoms with Crippen LogP contribution in [0.2, 0.25) is 0 Å². The highest BCUT2D eigenvalue weighted by Gasteiger charge is 2.42. The summed E-state index contributed by atoms with van der Waals surface area (Å²) in [4.78, 5) is 12.1. The minimum atomic E-state index is -1.31. The summed E-state index contributed by atoms with van der Waals surface area (Å²) < 4.78 is 16.2. The number of carbonyl (C=O) groups excluding carboxylic acids is 1. The molecule has 0 aromatic heterocycles. The van der Waals surface area contributed by atoms with Gasteiger partial charge in [0.1, 0.15) is 12.7 Å². The van der Waals surface area contributed by atoms with Gasteiger partial charge in [0.2, 0.25) is 5.76 Å². The molecule has 0 saturated carbocycles. The first-order valence-electron chi connectivity index (χ1n) is 11.0. The molecule has 1 heterocycles. The number of unbranched alkanes of at least 4 members (excludes halogenated alkanes) is 9. The van der Waals surface area contributed by atoms with Crippen LogP contribution in [0.5, 0.6) is 0 Å². The smallest absolute Gasteiger partial charge is 0.378 e. The van der Waals surface area contributed by atoms with Gasteiger partial charge in [0.25, 0.3) is 0 Å². The van der Waals surface area contributed by atoms with E-state index >= 15 is 0 Å². The average molecular weight is 417 g/mol. The maximum absolute atomic E-state index is 12.1. The van der Waals surface area contributed by atoms with Crippen LogP contribution in [0.15, 0.2) is 11.5 Å². The quantitative estimate of drug-likeness (QED) is 0.247. The zero-order chi connectivity index (χ0) is 21.7. The molecule has 0 saturated heterocycles. The summed E-state index contributed by atoms with van der Waals surface area (Å²) in [6.07, 6.45) is 9.53. The van der Waals surface area contributed by atoms with Crippen molar-refractivity contribution in [1.29, 1.82) is 0 Å². The molecule has 0 bridgehead atoms. The summed E-state index contributed by atoms with van der Waals surface area (Å²) in [6.45, 7) is 5.01. The molecule has 0 aromatic rings. The van der Waals surface area contributed by atoms with Gasteiger partial charge in [0.05, 0.1) is 18.8 Å². The van der Waals surface area contributed by atoms with E-state index < -0.39 is 30.4 Å². The Bertz CT molecular complexity index is 496. The lowest BCUT2D eigenvalue weighted by molar-refractivity contribution is -0.149. The number of carbonyl (C=O) groups is 1. The summed E-state index contributed by atoms with van der Waals surface area (Å²) in [6, 6.07) is 0. The number of esters is 1. The molecule has 0 amide bonds. The zero-order valence-electron chi connectivity index (χ0n) is 18.3. The predicted octanol–water partition coefficient (Wildman–Crippen LogP) is 3.20. The fourth-order valence-corrected chi connectivity index (χ4v) is 3.10. The number of cyclic esters (lactones) is 1. The highest BCUT2D eigenvalue weighted by Crippen LogP contribution is 2.28. The Morgan fingerprint density at radius 1 is 1.00 bits per heavy atom. The van der Waals surface area contributed by atoms with Gasteiger partial charge in [-0.15, -0.1) is 0 Å². The average Bonchev–Trinajstić information content (AvgIpc) is 2.99. The lowest BCUT2D eigenvalue weighted by Crippen LogP contribution is -2.34. The van der Waals surface area contributed by atoms with Crippen molar-refractivity contribution in [3.63, 3.8) is 0 Å². The van der Waals surface area contributed by atoms with E-state index in [1.807, 2.05) is 0 Å². The first-order chi connectivity index (χ1) is 13.8. The molecule has 1 aliphatic rings. The van der Waals surface area contributed by atoms with Crippen molar-refractivity contribution in [1.82, 2.24) is 0 Å². The van der Waals surface area contributed by atoms with Gasteiger partial charge >= 0.3 is 5.97 Å². The number of aliphatic hydroxyl groups is 3. The molecule has 0 aromatic carbocycles. The first-order valence-corrected chi connectivity index (χ1v) is 11.0. The van der Waals surface area contributed by atoms with Crippen molar-refractivity contribution < 1.29 is 34.3 Å². The predicted molar refractivity (Wildman–Crippen MR) is 110 cm³/mol. The van der Waals surface area contributed by atoms with E-state index in [9.17, 15) is 20.1 Å². The molecule has 0 unspecified atom stereocenters. The molecule has 0 aliphatic carbocycles. The Hall–Kier alpha value is -1.31. The SMILES string of the molecule is CCCCCCCCCCCCOC1=C(OCC(C)(C)O)[C@@H]([C@@H](O)CO)OC1=O. The number of aliphatic hydroxyl groups excluding tert-OH is 2. The Morgan fingerprint density at radius 2 is 1.55 bits per heavy atom. The van der Waals surface area contributed by atoms with Crippen LogP contribution in [0.3, 0.4) is 0 Å². The molecule has 0 radical (unpaired) electrons. The van der Waals surface area contributed by atoms with E-state index in [1.165, 1.54) is 44.9 Å². The van der Waals surface area contributed by atoms with Crippen LogP contribution in [0.4, 0.5) is 0 Å². The van der Waals surface area contributed by atoms with Gasteiger partial charge in [-0.3, -0.25) is 0 Å². The molecule has 3 N–H and O–H groups in total. The standard InChI is InChI=1S/C22H40O7/c1-4-5-6-7-8-9-10-11-12-13-14-27-20-19(28-16-22(2,3)26)18(17(24)15-23)29-21(20)25/h17-18,23-24,26H,4-16H2,1-3H3/t17-,18+/m0/s1. The third-order valence-electron chi connectivity index (χ3n) is 4.76. The summed E-state index contributed by atoms with van der Waals surface area (Å²) in [5, 5.41) is 28.9. The summed E-state index contributed by atoms with van der Waals surface area (Å²) in [5.74, 6) is -0.770. The van der Waals surface area contributed by atoms with Crippen molar-refractivity contribution in [2.24, 2.45) is 0 Å². The van der Waals surface area contributed by atoms with Gasteiger partial charge in [-0.1, -0.05) is 64.7 Å². The first kappa shape index (κ1) is 25.7. The summed E-state index contributed by atoms with van der Waals surface area (Å²) in [5.41, 5.74) is -1.13. The second-order valence-electron chi connectivity index (χ2n) is 8.40. The topological polar surface area (TPSA) is 105 Å². The molecule has 2 atom stereocenters. The number of ether oxygens (including phenoxy) is 3. The molecule has 170 valence electrons. The van der Waals surface area contributed by atoms with Crippen LogP contribution in [0.25, 0.3) is 0 Å². The van der Waals surface area contributed by atoms with Crippen molar-refractivity contribution in [2.75, 3.05) is 19.8 Å². The Labute approximate surface area is 175 Å². The third-order valence-corrected chi connectivity index (χ3v) is 4.76. The highest BCUT2D eigenvalue weighted by atomic mass is 16.6. The lowest BCUT2D eigenvalue weighted by atomic mass is 10.1. The van der Waals surface area contributed by atoms with E-state index in [0.29, 0.717) is 6.61 Å². The Kier molecular flexibility index (Phi) is 12.3. The Morgan fingerprint density at radius 3 is 2.07 bits per heavy atom. The molecular formula is C22H40O7. The second kappa shape index (κ2) is 13.8. The highest BCUT2D eigenvalue weighted by molar-refractivity contribution is 5.89. The maximum Gasteiger partial charge on any atom is 0.378 e. The summed E-state index contributed by atoms with van der Waals surface area (Å²) in [7, 11) is 0. The van der Waals surface area contributed by atoms with Gasteiger partial charge in [-0.05, 0) is 20.3 Å². The molecule has 0 fully saturated rings. The Balaban J connectivity index is 2.40. The van der Waals surface area contributed by atoms with Crippen LogP contribution < -0.4 is 0 Å². The number of hydrogen-bond donors (Lipinski definition) is 3. The van der Waals surface area contributed by atoms with Crippen molar-refractivity contribution in [3.8, 4) is 0 Å². The van der Waals surface area contributed by atoms with Gasteiger partial charge < -0.3 is 29.5 Å². The lowest BCUT2D eigenvalue weighted by Gasteiger charge is -2.22. The molecule has 7 heteroatoms. The maximum atomic E-state index is 12.1. The monoisotopic (exact) mass is 416 g/mol. The molecule has 29 heavy (non-hydrogen) atoms. The largest absolute Gasteiger partial charge is 0.487 e. The number of rotatable bonds is 17. The zero-order valence-corrected chi connectivity index (χ0v) is 18.3. The third kappa shape index (κ3) is 10.3. The van der Waals surface area contributed by atoms with E-state index in [0.717, 1.165) is 19.3 Å². The normalized spacial score (nSPS) is 18.1. The molecule has 1 rings (SSSR count). The van der Waals surface area contributed by atoms with Crippen molar-refractivity contribution in [3.05, 3.63) is 11.5 Å². The van der Waals surface area contributed by atoms with E-state index in [2.05, 4.69) is 6.92 Å². The van der Waals surface area contributed by atoms with Crippen LogP contribution in [0.1, 0.15) is 85.0 Å². The molecule has 0 spiro atoms. The van der Waals surface area contributed by atoms with Gasteiger partial charge in [0, 0.05) is 0 Å². The van der Waals surface area contributed by atoms with E-state index in [1.54, 1.807) is 13.8 Å². The number of hydrogen-bond acceptors (Lipinski definition) is 7. The van der Waals surface area contributed by atoms with Gasteiger partial charge in [-0.2, -0.15) is 0 Å². The summed E-state index contributed by atoms with van der Waals surface area (Å²) >= 11 is 0. The van der Waals surface area contributed by atoms with Crippen LogP contribution in [0, 0.1) is 0 Å².